The van der Waals surface area contributed by atoms with Crippen LogP contribution in [0, 0.1) is 5.41 Å². The second-order valence-electron chi connectivity index (χ2n) is 2.80. The number of aliphatic carboxylic acids is 1. The van der Waals surface area contributed by atoms with Crippen LogP contribution in [0.15, 0.2) is 0 Å². The molecule has 0 fully saturated rings. The molecule has 0 aromatic carbocycles. The number of ether oxygens (including phenoxy) is 1. The molecule has 0 radical (unpaired) electrons. The highest BCUT2D eigenvalue weighted by atomic mass is 16.5. The quantitative estimate of drug-likeness (QED) is 0.571. The Bertz CT molecular complexity index is 188. The van der Waals surface area contributed by atoms with E-state index >= 15 is 0 Å². The molecule has 0 aliphatic carbocycles. The summed E-state index contributed by atoms with van der Waals surface area (Å²) >= 11 is 0. The molecule has 5 nitrogen and oxygen atoms in total. The van der Waals surface area contributed by atoms with Gasteiger partial charge in [-0.05, 0) is 6.92 Å². The summed E-state index contributed by atoms with van der Waals surface area (Å²) in [6, 6.07) is 0. The minimum Gasteiger partial charge on any atom is -0.481 e. The molecule has 0 bridgehead atoms. The van der Waals surface area contributed by atoms with Crippen molar-refractivity contribution < 1.29 is 24.5 Å². The van der Waals surface area contributed by atoms with Gasteiger partial charge in [0.1, 0.15) is 12.0 Å². The van der Waals surface area contributed by atoms with Gasteiger partial charge in [0.15, 0.2) is 0 Å². The van der Waals surface area contributed by atoms with Crippen molar-refractivity contribution in [2.75, 3.05) is 13.2 Å². The molecule has 12 heavy (non-hydrogen) atoms. The lowest BCUT2D eigenvalue weighted by molar-refractivity contribution is -0.159. The fourth-order valence-electron chi connectivity index (χ4n) is 0.436. The number of esters is 1. The Morgan fingerprint density at radius 1 is 1.50 bits per heavy atom. The fourth-order valence-corrected chi connectivity index (χ4v) is 0.436. The van der Waals surface area contributed by atoms with Crippen molar-refractivity contribution in [3.05, 3.63) is 0 Å². The first-order chi connectivity index (χ1) is 5.42. The van der Waals surface area contributed by atoms with E-state index in [0.717, 1.165) is 0 Å². The smallest absolute Gasteiger partial charge is 0.315 e. The predicted octanol–water partition coefficient (Wildman–Crippen LogP) is -0.367. The molecule has 0 aliphatic heterocycles. The summed E-state index contributed by atoms with van der Waals surface area (Å²) in [6.45, 7) is 1.61. The van der Waals surface area contributed by atoms with Crippen molar-refractivity contribution in [2.24, 2.45) is 5.41 Å². The van der Waals surface area contributed by atoms with Crippen LogP contribution in [-0.4, -0.2) is 35.4 Å². The van der Waals surface area contributed by atoms with Gasteiger partial charge in [0.2, 0.25) is 0 Å². The normalized spacial score (nSPS) is 14.9. The number of aliphatic hydroxyl groups is 1. The molecular weight excluding hydrogens is 164 g/mol. The number of carbonyl (C=O) groups is 2. The van der Waals surface area contributed by atoms with Crippen molar-refractivity contribution in [1.29, 1.82) is 0 Å². The summed E-state index contributed by atoms with van der Waals surface area (Å²) in [5.74, 6) is -1.75. The predicted molar refractivity (Wildman–Crippen MR) is 39.5 cm³/mol. The molecule has 2 N–H and O–H groups in total. The largest absolute Gasteiger partial charge is 0.481 e. The van der Waals surface area contributed by atoms with Crippen LogP contribution < -0.4 is 0 Å². The zero-order valence-electron chi connectivity index (χ0n) is 7.03. The Labute approximate surface area is 70.0 Å². The minimum absolute atomic E-state index is 0.311. The van der Waals surface area contributed by atoms with Gasteiger partial charge in [0, 0.05) is 6.92 Å². The lowest BCUT2D eigenvalue weighted by atomic mass is 9.93. The Morgan fingerprint density at radius 2 is 2.00 bits per heavy atom. The second-order valence-corrected chi connectivity index (χ2v) is 2.80. The maximum absolute atomic E-state index is 10.5. The summed E-state index contributed by atoms with van der Waals surface area (Å²) in [7, 11) is 0. The topological polar surface area (TPSA) is 83.8 Å². The summed E-state index contributed by atoms with van der Waals surface area (Å²) in [5, 5.41) is 17.3. The van der Waals surface area contributed by atoms with Crippen molar-refractivity contribution in [3.8, 4) is 0 Å². The average Bonchev–Trinajstić information content (AvgIpc) is 1.99. The summed E-state index contributed by atoms with van der Waals surface area (Å²) in [4.78, 5) is 20.8. The molecular formula is C7H12O5. The minimum atomic E-state index is -1.40. The van der Waals surface area contributed by atoms with E-state index in [4.69, 9.17) is 10.2 Å². The number of rotatable bonds is 4. The molecule has 0 saturated heterocycles. The summed E-state index contributed by atoms with van der Waals surface area (Å²) in [5.41, 5.74) is -1.40. The molecule has 0 saturated carbocycles. The van der Waals surface area contributed by atoms with E-state index in [1.165, 1.54) is 13.8 Å². The van der Waals surface area contributed by atoms with Crippen LogP contribution in [0.2, 0.25) is 0 Å². The SMILES string of the molecule is CC(=O)OCC(C)(CO)C(=O)O. The molecule has 0 aliphatic rings. The highest BCUT2D eigenvalue weighted by Crippen LogP contribution is 2.15. The number of hydrogen-bond donors (Lipinski definition) is 2. The van der Waals surface area contributed by atoms with Gasteiger partial charge in [0.25, 0.3) is 0 Å². The first-order valence-corrected chi connectivity index (χ1v) is 3.40. The van der Waals surface area contributed by atoms with E-state index in [1.807, 2.05) is 0 Å². The summed E-state index contributed by atoms with van der Waals surface area (Å²) < 4.78 is 4.48. The van der Waals surface area contributed by atoms with Crippen LogP contribution in [0.3, 0.4) is 0 Å². The number of carbonyl (C=O) groups excluding carboxylic acids is 1. The molecule has 0 spiro atoms. The van der Waals surface area contributed by atoms with E-state index in [1.54, 1.807) is 0 Å². The molecule has 0 aromatic rings. The zero-order chi connectivity index (χ0) is 9.78. The third-order valence-electron chi connectivity index (χ3n) is 1.46. The van der Waals surface area contributed by atoms with E-state index in [9.17, 15) is 9.59 Å². The molecule has 70 valence electrons. The Hall–Kier alpha value is -1.10. The number of carboxylic acid groups (broad SMARTS) is 1. The second kappa shape index (κ2) is 4.06. The maximum atomic E-state index is 10.5. The first kappa shape index (κ1) is 10.9. The standard InChI is InChI=1S/C7H12O5/c1-5(9)12-4-7(2,3-8)6(10)11/h8H,3-4H2,1-2H3,(H,10,11). The molecule has 0 aromatic heterocycles. The van der Waals surface area contributed by atoms with Crippen LogP contribution in [0.1, 0.15) is 13.8 Å². The van der Waals surface area contributed by atoms with Gasteiger partial charge >= 0.3 is 11.9 Å². The van der Waals surface area contributed by atoms with Crippen LogP contribution in [-0.2, 0) is 14.3 Å². The van der Waals surface area contributed by atoms with Crippen molar-refractivity contribution in [2.45, 2.75) is 13.8 Å². The molecule has 0 rings (SSSR count). The maximum Gasteiger partial charge on any atom is 0.315 e. The van der Waals surface area contributed by atoms with Crippen molar-refractivity contribution in [3.63, 3.8) is 0 Å². The number of hydrogen-bond acceptors (Lipinski definition) is 4. The highest BCUT2D eigenvalue weighted by molar-refractivity contribution is 5.75. The van der Waals surface area contributed by atoms with Gasteiger partial charge in [-0.3, -0.25) is 9.59 Å². The monoisotopic (exact) mass is 176 g/mol. The zero-order valence-corrected chi connectivity index (χ0v) is 7.03. The van der Waals surface area contributed by atoms with E-state index in [-0.39, 0.29) is 6.61 Å². The van der Waals surface area contributed by atoms with Gasteiger partial charge in [0.05, 0.1) is 6.61 Å². The van der Waals surface area contributed by atoms with E-state index in [0.29, 0.717) is 0 Å². The Kier molecular flexibility index (Phi) is 3.69. The Morgan fingerprint density at radius 3 is 2.25 bits per heavy atom. The molecule has 0 heterocycles. The van der Waals surface area contributed by atoms with Gasteiger partial charge in [-0.15, -0.1) is 0 Å². The fraction of sp³-hybridized carbons (Fsp3) is 0.714. The average molecular weight is 176 g/mol. The lowest BCUT2D eigenvalue weighted by Crippen LogP contribution is -2.36. The van der Waals surface area contributed by atoms with Crippen LogP contribution in [0.5, 0.6) is 0 Å². The van der Waals surface area contributed by atoms with Crippen LogP contribution in [0.25, 0.3) is 0 Å². The molecule has 5 heteroatoms. The first-order valence-electron chi connectivity index (χ1n) is 3.40. The molecule has 1 unspecified atom stereocenters. The number of aliphatic hydroxyl groups excluding tert-OH is 1. The number of carboxylic acids is 1. The Balaban J connectivity index is 4.15. The van der Waals surface area contributed by atoms with Gasteiger partial charge in [-0.2, -0.15) is 0 Å². The van der Waals surface area contributed by atoms with Crippen LogP contribution >= 0.6 is 0 Å². The molecule has 1 atom stereocenters. The molecule has 0 amide bonds. The van der Waals surface area contributed by atoms with Gasteiger partial charge in [-0.25, -0.2) is 0 Å². The third-order valence-corrected chi connectivity index (χ3v) is 1.46. The van der Waals surface area contributed by atoms with E-state index in [2.05, 4.69) is 4.74 Å². The summed E-state index contributed by atoms with van der Waals surface area (Å²) in [6.07, 6.45) is 0. The van der Waals surface area contributed by atoms with Gasteiger partial charge in [-0.1, -0.05) is 0 Å². The van der Waals surface area contributed by atoms with Crippen molar-refractivity contribution in [1.82, 2.24) is 0 Å². The van der Waals surface area contributed by atoms with Gasteiger partial charge < -0.3 is 14.9 Å². The third kappa shape index (κ3) is 2.87. The lowest BCUT2D eigenvalue weighted by Gasteiger charge is -2.20. The van der Waals surface area contributed by atoms with Crippen molar-refractivity contribution >= 4 is 11.9 Å². The van der Waals surface area contributed by atoms with E-state index < -0.39 is 24.0 Å². The van der Waals surface area contributed by atoms with Crippen LogP contribution in [0.4, 0.5) is 0 Å². The highest BCUT2D eigenvalue weighted by Gasteiger charge is 2.33.